The molecule has 2 rings (SSSR count). The van der Waals surface area contributed by atoms with Crippen LogP contribution in [0.15, 0.2) is 39.0 Å². The fourth-order valence-corrected chi connectivity index (χ4v) is 3.07. The third kappa shape index (κ3) is 6.13. The van der Waals surface area contributed by atoms with Gasteiger partial charge in [-0.15, -0.1) is 10.2 Å². The molecule has 0 saturated carbocycles. The summed E-state index contributed by atoms with van der Waals surface area (Å²) in [5.74, 6) is 0.453. The normalized spacial score (nSPS) is 10.9. The number of nitrogens with zero attached hydrogens (tertiary/aromatic N) is 2. The first-order valence-electron chi connectivity index (χ1n) is 7.05. The van der Waals surface area contributed by atoms with Crippen molar-refractivity contribution in [2.45, 2.75) is 29.5 Å². The molecule has 1 amide bonds. The van der Waals surface area contributed by atoms with Gasteiger partial charge in [-0.25, -0.2) is 0 Å². The lowest BCUT2D eigenvalue weighted by molar-refractivity contribution is -0.117. The highest BCUT2D eigenvalue weighted by Gasteiger charge is 2.04. The van der Waals surface area contributed by atoms with Crippen molar-refractivity contribution >= 4 is 34.7 Å². The monoisotopic (exact) mass is 337 g/mol. The number of carbonyl (C=O) groups excluding carboxylic acids is 1. The lowest BCUT2D eigenvalue weighted by Gasteiger charge is -2.08. The molecule has 0 saturated heterocycles. The van der Waals surface area contributed by atoms with Crippen LogP contribution in [0.3, 0.4) is 0 Å². The Kier molecular flexibility index (Phi) is 6.82. The van der Waals surface area contributed by atoms with Gasteiger partial charge >= 0.3 is 0 Å². The number of nitrogens with one attached hydrogen (secondary N) is 1. The number of rotatable bonds is 8. The zero-order valence-electron chi connectivity index (χ0n) is 12.6. The maximum atomic E-state index is 11.8. The van der Waals surface area contributed by atoms with Crippen LogP contribution in [0.5, 0.6) is 0 Å². The summed E-state index contributed by atoms with van der Waals surface area (Å²) in [6.45, 7) is 5.31. The summed E-state index contributed by atoms with van der Waals surface area (Å²) in [6, 6.07) is 7.68. The van der Waals surface area contributed by atoms with Gasteiger partial charge in [0.25, 0.3) is 0 Å². The molecule has 0 spiro atoms. The maximum absolute atomic E-state index is 11.8. The quantitative estimate of drug-likeness (QED) is 0.744. The molecule has 118 valence electrons. The zero-order chi connectivity index (χ0) is 15.8. The SMILES string of the molecule is CC(C)COCCC(=O)Nc1ccc(Sc2nncs2)cc1. The summed E-state index contributed by atoms with van der Waals surface area (Å²) in [7, 11) is 0. The predicted octanol–water partition coefficient (Wildman–Crippen LogP) is 3.69. The summed E-state index contributed by atoms with van der Waals surface area (Å²) >= 11 is 3.06. The van der Waals surface area contributed by atoms with Gasteiger partial charge in [0.05, 0.1) is 13.0 Å². The fourth-order valence-electron chi connectivity index (χ4n) is 1.62. The Morgan fingerprint density at radius 1 is 1.36 bits per heavy atom. The smallest absolute Gasteiger partial charge is 0.226 e. The van der Waals surface area contributed by atoms with Crippen LogP contribution in [-0.2, 0) is 9.53 Å². The number of anilines is 1. The highest BCUT2D eigenvalue weighted by Crippen LogP contribution is 2.29. The van der Waals surface area contributed by atoms with E-state index in [9.17, 15) is 4.79 Å². The molecule has 0 aliphatic rings. The molecule has 0 bridgehead atoms. The lowest BCUT2D eigenvalue weighted by Crippen LogP contribution is -2.15. The number of aromatic nitrogens is 2. The van der Waals surface area contributed by atoms with Crippen molar-refractivity contribution in [2.24, 2.45) is 5.92 Å². The predicted molar refractivity (Wildman–Crippen MR) is 89.4 cm³/mol. The second-order valence-corrected chi connectivity index (χ2v) is 7.25. The van der Waals surface area contributed by atoms with Crippen molar-refractivity contribution in [1.29, 1.82) is 0 Å². The average Bonchev–Trinajstić information content (AvgIpc) is 2.98. The van der Waals surface area contributed by atoms with Crippen LogP contribution in [0, 0.1) is 5.92 Å². The lowest BCUT2D eigenvalue weighted by atomic mass is 10.2. The van der Waals surface area contributed by atoms with E-state index in [0.29, 0.717) is 25.6 Å². The van der Waals surface area contributed by atoms with Crippen LogP contribution in [0.1, 0.15) is 20.3 Å². The van der Waals surface area contributed by atoms with Gasteiger partial charge in [0.15, 0.2) is 4.34 Å². The molecule has 0 unspecified atom stereocenters. The van der Waals surface area contributed by atoms with Crippen molar-refractivity contribution in [2.75, 3.05) is 18.5 Å². The molecule has 1 aromatic carbocycles. The maximum Gasteiger partial charge on any atom is 0.226 e. The van der Waals surface area contributed by atoms with E-state index in [-0.39, 0.29) is 5.91 Å². The van der Waals surface area contributed by atoms with Gasteiger partial charge in [-0.05, 0) is 30.2 Å². The van der Waals surface area contributed by atoms with Gasteiger partial charge in [0, 0.05) is 17.2 Å². The third-order valence-electron chi connectivity index (χ3n) is 2.61. The van der Waals surface area contributed by atoms with E-state index in [1.807, 2.05) is 24.3 Å². The largest absolute Gasteiger partial charge is 0.381 e. The molecule has 22 heavy (non-hydrogen) atoms. The van der Waals surface area contributed by atoms with E-state index in [0.717, 1.165) is 14.9 Å². The molecule has 0 atom stereocenters. The Bertz CT molecular complexity index is 571. The van der Waals surface area contributed by atoms with Crippen LogP contribution >= 0.6 is 23.1 Å². The second-order valence-electron chi connectivity index (χ2n) is 5.10. The molecule has 1 heterocycles. The molecular formula is C15H19N3O2S2. The Labute approximate surface area is 138 Å². The van der Waals surface area contributed by atoms with Gasteiger partial charge in [-0.1, -0.05) is 36.9 Å². The van der Waals surface area contributed by atoms with Crippen LogP contribution in [0.4, 0.5) is 5.69 Å². The molecule has 0 fully saturated rings. The Balaban J connectivity index is 1.74. The highest BCUT2D eigenvalue weighted by atomic mass is 32.2. The minimum Gasteiger partial charge on any atom is -0.381 e. The van der Waals surface area contributed by atoms with Crippen molar-refractivity contribution < 1.29 is 9.53 Å². The Morgan fingerprint density at radius 3 is 2.77 bits per heavy atom. The van der Waals surface area contributed by atoms with Crippen LogP contribution < -0.4 is 5.32 Å². The van der Waals surface area contributed by atoms with E-state index in [1.165, 1.54) is 11.3 Å². The number of benzene rings is 1. The molecule has 1 aromatic heterocycles. The van der Waals surface area contributed by atoms with Gasteiger partial charge in [0.1, 0.15) is 5.51 Å². The number of amides is 1. The summed E-state index contributed by atoms with van der Waals surface area (Å²) in [5.41, 5.74) is 2.49. The average molecular weight is 337 g/mol. The van der Waals surface area contributed by atoms with Gasteiger partial charge in [-0.2, -0.15) is 0 Å². The van der Waals surface area contributed by atoms with Crippen molar-refractivity contribution in [3.05, 3.63) is 29.8 Å². The minimum absolute atomic E-state index is 0.0340. The number of hydrogen-bond acceptors (Lipinski definition) is 6. The molecule has 0 aliphatic heterocycles. The summed E-state index contributed by atoms with van der Waals surface area (Å²) in [4.78, 5) is 12.9. The fraction of sp³-hybridized carbons (Fsp3) is 0.400. The first-order chi connectivity index (χ1) is 10.6. The zero-order valence-corrected chi connectivity index (χ0v) is 14.2. The molecule has 2 aromatic rings. The standard InChI is InChI=1S/C15H19N3O2S2/c1-11(2)9-20-8-7-14(19)17-12-3-5-13(6-4-12)22-15-18-16-10-21-15/h3-6,10-11H,7-9H2,1-2H3,(H,17,19). The van der Waals surface area contributed by atoms with Gasteiger partial charge in [-0.3, -0.25) is 4.79 Å². The number of ether oxygens (including phenoxy) is 1. The first kappa shape index (κ1) is 16.9. The van der Waals surface area contributed by atoms with E-state index in [1.54, 1.807) is 17.3 Å². The van der Waals surface area contributed by atoms with E-state index in [4.69, 9.17) is 4.74 Å². The third-order valence-corrected chi connectivity index (χ3v) is 4.39. The van der Waals surface area contributed by atoms with Gasteiger partial charge < -0.3 is 10.1 Å². The van der Waals surface area contributed by atoms with Crippen molar-refractivity contribution in [1.82, 2.24) is 10.2 Å². The first-order valence-corrected chi connectivity index (χ1v) is 8.75. The molecular weight excluding hydrogens is 318 g/mol. The minimum atomic E-state index is -0.0340. The van der Waals surface area contributed by atoms with Crippen molar-refractivity contribution in [3.63, 3.8) is 0 Å². The van der Waals surface area contributed by atoms with Crippen LogP contribution in [0.25, 0.3) is 0 Å². The molecule has 0 aliphatic carbocycles. The van der Waals surface area contributed by atoms with Crippen LogP contribution in [0.2, 0.25) is 0 Å². The number of hydrogen-bond donors (Lipinski definition) is 1. The van der Waals surface area contributed by atoms with E-state index >= 15 is 0 Å². The molecule has 0 radical (unpaired) electrons. The highest BCUT2D eigenvalue weighted by molar-refractivity contribution is 8.01. The van der Waals surface area contributed by atoms with E-state index < -0.39 is 0 Å². The second kappa shape index (κ2) is 8.87. The summed E-state index contributed by atoms with van der Waals surface area (Å²) in [6.07, 6.45) is 0.369. The van der Waals surface area contributed by atoms with Gasteiger partial charge in [0.2, 0.25) is 5.91 Å². The van der Waals surface area contributed by atoms with Crippen LogP contribution in [-0.4, -0.2) is 29.3 Å². The number of carbonyl (C=O) groups is 1. The summed E-state index contributed by atoms with van der Waals surface area (Å²) < 4.78 is 6.31. The Hall–Kier alpha value is -1.44. The molecule has 5 nitrogen and oxygen atoms in total. The molecule has 7 heteroatoms. The molecule has 1 N–H and O–H groups in total. The topological polar surface area (TPSA) is 64.1 Å². The van der Waals surface area contributed by atoms with E-state index in [2.05, 4.69) is 29.4 Å². The van der Waals surface area contributed by atoms with Crippen molar-refractivity contribution in [3.8, 4) is 0 Å². The Morgan fingerprint density at radius 2 is 2.14 bits per heavy atom. The summed E-state index contributed by atoms with van der Waals surface area (Å²) in [5, 5.41) is 10.6.